The Morgan fingerprint density at radius 1 is 1.00 bits per heavy atom. The summed E-state index contributed by atoms with van der Waals surface area (Å²) in [5, 5.41) is 3.83. The van der Waals surface area contributed by atoms with E-state index in [1.165, 1.54) is 0 Å². The Hall–Kier alpha value is -0.970. The lowest BCUT2D eigenvalue weighted by Gasteiger charge is -2.23. The molecule has 0 unspecified atom stereocenters. The van der Waals surface area contributed by atoms with E-state index in [9.17, 15) is 4.79 Å². The molecule has 4 nitrogen and oxygen atoms in total. The first-order valence-corrected chi connectivity index (χ1v) is 8.92. The zero-order valence-electron chi connectivity index (χ0n) is 14.2. The minimum atomic E-state index is -0.152. The molecule has 0 aliphatic heterocycles. The van der Waals surface area contributed by atoms with Crippen LogP contribution in [0.25, 0.3) is 0 Å². The molecule has 1 aromatic rings. The van der Waals surface area contributed by atoms with Crippen LogP contribution in [-0.2, 0) is 0 Å². The third-order valence-electron chi connectivity index (χ3n) is 3.51. The largest absolute Gasteiger partial charge is 0.328 e. The van der Waals surface area contributed by atoms with Crippen LogP contribution >= 0.6 is 23.2 Å². The zero-order valence-corrected chi connectivity index (χ0v) is 15.8. The summed E-state index contributed by atoms with van der Waals surface area (Å²) in [5.74, 6) is 0. The predicted octanol–water partition coefficient (Wildman–Crippen LogP) is 4.97. The van der Waals surface area contributed by atoms with Crippen molar-refractivity contribution in [2.24, 2.45) is 0 Å². The Morgan fingerprint density at radius 3 is 2.09 bits per heavy atom. The van der Waals surface area contributed by atoms with Gasteiger partial charge < -0.3 is 15.1 Å². The first kappa shape index (κ1) is 20.1. The van der Waals surface area contributed by atoms with Crippen LogP contribution in [0.4, 0.5) is 10.5 Å². The average Bonchev–Trinajstić information content (AvgIpc) is 2.46. The molecular weight excluding hydrogens is 333 g/mol. The van der Waals surface area contributed by atoms with E-state index < -0.39 is 0 Å². The molecule has 0 aromatic heterocycles. The average molecular weight is 360 g/mol. The van der Waals surface area contributed by atoms with Crippen molar-refractivity contribution >= 4 is 34.9 Å². The lowest BCUT2D eigenvalue weighted by Crippen LogP contribution is -2.34. The molecule has 1 rings (SSSR count). The predicted molar refractivity (Wildman–Crippen MR) is 99.7 cm³/mol. The van der Waals surface area contributed by atoms with Gasteiger partial charge in [0.15, 0.2) is 0 Å². The second-order valence-electron chi connectivity index (χ2n) is 5.71. The molecule has 0 aliphatic rings. The number of anilines is 1. The number of benzene rings is 1. The number of nitrogens with one attached hydrogen (secondary N) is 1. The number of carbonyl (C=O) groups is 1. The first-order chi connectivity index (χ1) is 11.0. The van der Waals surface area contributed by atoms with Crippen LogP contribution in [0.5, 0.6) is 0 Å². The Bertz CT molecular complexity index is 470. The summed E-state index contributed by atoms with van der Waals surface area (Å²) < 4.78 is 0. The van der Waals surface area contributed by atoms with E-state index in [-0.39, 0.29) is 6.03 Å². The molecular formula is C17H27Cl2N3O. The first-order valence-electron chi connectivity index (χ1n) is 8.16. The number of rotatable bonds is 9. The van der Waals surface area contributed by atoms with Crippen molar-refractivity contribution in [1.29, 1.82) is 0 Å². The number of urea groups is 1. The van der Waals surface area contributed by atoms with E-state index in [1.807, 2.05) is 0 Å². The maximum atomic E-state index is 12.2. The number of carbonyl (C=O) groups excluding carboxylic acids is 1. The van der Waals surface area contributed by atoms with Gasteiger partial charge in [0.2, 0.25) is 0 Å². The molecule has 2 amide bonds. The highest BCUT2D eigenvalue weighted by atomic mass is 35.5. The molecule has 0 spiro atoms. The summed E-state index contributed by atoms with van der Waals surface area (Å²) in [7, 11) is 1.80. The van der Waals surface area contributed by atoms with Crippen LogP contribution in [0, 0.1) is 0 Å². The number of nitrogens with zero attached hydrogens (tertiary/aromatic N) is 2. The molecule has 0 bridgehead atoms. The second kappa shape index (κ2) is 10.7. The third kappa shape index (κ3) is 7.91. The molecule has 130 valence electrons. The van der Waals surface area contributed by atoms with Crippen LogP contribution in [0.3, 0.4) is 0 Å². The summed E-state index contributed by atoms with van der Waals surface area (Å²) in [6.07, 6.45) is 3.28. The maximum Gasteiger partial charge on any atom is 0.321 e. The fraction of sp³-hybridized carbons (Fsp3) is 0.588. The fourth-order valence-corrected chi connectivity index (χ4v) is 2.97. The van der Waals surface area contributed by atoms with Crippen molar-refractivity contribution in [1.82, 2.24) is 9.80 Å². The van der Waals surface area contributed by atoms with Gasteiger partial charge in [-0.15, -0.1) is 0 Å². The van der Waals surface area contributed by atoms with Crippen molar-refractivity contribution in [2.75, 3.05) is 38.5 Å². The molecule has 0 atom stereocenters. The van der Waals surface area contributed by atoms with Crippen LogP contribution in [0.15, 0.2) is 18.2 Å². The van der Waals surface area contributed by atoms with E-state index in [0.29, 0.717) is 22.3 Å². The maximum absolute atomic E-state index is 12.2. The van der Waals surface area contributed by atoms with E-state index in [4.69, 9.17) is 23.2 Å². The number of hydrogen-bond acceptors (Lipinski definition) is 2. The molecule has 1 aromatic carbocycles. The van der Waals surface area contributed by atoms with Crippen molar-refractivity contribution in [3.63, 3.8) is 0 Å². The van der Waals surface area contributed by atoms with Crippen molar-refractivity contribution in [3.8, 4) is 0 Å². The van der Waals surface area contributed by atoms with Gasteiger partial charge in [-0.25, -0.2) is 4.79 Å². The van der Waals surface area contributed by atoms with Crippen LogP contribution < -0.4 is 5.32 Å². The fourth-order valence-electron chi connectivity index (χ4n) is 2.45. The lowest BCUT2D eigenvalue weighted by atomic mass is 10.3. The highest BCUT2D eigenvalue weighted by Gasteiger charge is 2.10. The van der Waals surface area contributed by atoms with Gasteiger partial charge in [0, 0.05) is 29.3 Å². The Balaban J connectivity index is 2.41. The van der Waals surface area contributed by atoms with Crippen molar-refractivity contribution in [2.45, 2.75) is 33.1 Å². The van der Waals surface area contributed by atoms with E-state index in [2.05, 4.69) is 24.1 Å². The Kier molecular flexibility index (Phi) is 9.37. The summed E-state index contributed by atoms with van der Waals surface area (Å²) in [4.78, 5) is 16.3. The molecule has 0 saturated heterocycles. The summed E-state index contributed by atoms with van der Waals surface area (Å²) in [6, 6.07) is 4.85. The molecule has 1 N–H and O–H groups in total. The van der Waals surface area contributed by atoms with E-state index in [0.717, 1.165) is 38.9 Å². The minimum absolute atomic E-state index is 0.152. The number of hydrogen-bond donors (Lipinski definition) is 1. The van der Waals surface area contributed by atoms with Crippen molar-refractivity contribution in [3.05, 3.63) is 28.2 Å². The second-order valence-corrected chi connectivity index (χ2v) is 6.58. The van der Waals surface area contributed by atoms with Gasteiger partial charge in [0.1, 0.15) is 0 Å². The lowest BCUT2D eigenvalue weighted by molar-refractivity contribution is 0.214. The highest BCUT2D eigenvalue weighted by Crippen LogP contribution is 2.22. The SMILES string of the molecule is CCCN(CCC)CCCN(C)C(=O)Nc1cc(Cl)cc(Cl)c1. The normalized spacial score (nSPS) is 10.9. The Morgan fingerprint density at radius 2 is 1.57 bits per heavy atom. The van der Waals surface area contributed by atoms with Gasteiger partial charge in [-0.2, -0.15) is 0 Å². The van der Waals surface area contributed by atoms with Gasteiger partial charge in [-0.1, -0.05) is 37.0 Å². The molecule has 23 heavy (non-hydrogen) atoms. The minimum Gasteiger partial charge on any atom is -0.328 e. The topological polar surface area (TPSA) is 35.6 Å². The summed E-state index contributed by atoms with van der Waals surface area (Å²) in [5.41, 5.74) is 0.609. The summed E-state index contributed by atoms with van der Waals surface area (Å²) >= 11 is 11.9. The smallest absolute Gasteiger partial charge is 0.321 e. The number of amides is 2. The molecule has 0 saturated carbocycles. The quantitative estimate of drug-likeness (QED) is 0.675. The molecule has 0 aliphatic carbocycles. The molecule has 6 heteroatoms. The van der Waals surface area contributed by atoms with Gasteiger partial charge in [0.25, 0.3) is 0 Å². The van der Waals surface area contributed by atoms with E-state index >= 15 is 0 Å². The van der Waals surface area contributed by atoms with Gasteiger partial charge in [-0.05, 0) is 57.1 Å². The third-order valence-corrected chi connectivity index (χ3v) is 3.94. The van der Waals surface area contributed by atoms with Crippen molar-refractivity contribution < 1.29 is 4.79 Å². The molecule has 0 radical (unpaired) electrons. The Labute approximate surface area is 149 Å². The number of halogens is 2. The monoisotopic (exact) mass is 359 g/mol. The molecule has 0 fully saturated rings. The summed E-state index contributed by atoms with van der Waals surface area (Å²) in [6.45, 7) is 8.35. The van der Waals surface area contributed by atoms with E-state index in [1.54, 1.807) is 30.1 Å². The van der Waals surface area contributed by atoms with Gasteiger partial charge in [-0.3, -0.25) is 0 Å². The molecule has 0 heterocycles. The van der Waals surface area contributed by atoms with Crippen LogP contribution in [-0.4, -0.2) is 49.1 Å². The highest BCUT2D eigenvalue weighted by molar-refractivity contribution is 6.35. The van der Waals surface area contributed by atoms with Gasteiger partial charge in [0.05, 0.1) is 0 Å². The standard InChI is InChI=1S/C17H27Cl2N3O/c1-4-7-22(8-5-2)10-6-9-21(3)17(23)20-16-12-14(18)11-15(19)13-16/h11-13H,4-10H2,1-3H3,(H,20,23). The van der Waals surface area contributed by atoms with Crippen LogP contribution in [0.2, 0.25) is 10.0 Å². The van der Waals surface area contributed by atoms with Crippen LogP contribution in [0.1, 0.15) is 33.1 Å². The van der Waals surface area contributed by atoms with Gasteiger partial charge >= 0.3 is 6.03 Å². The zero-order chi connectivity index (χ0) is 17.2.